The Morgan fingerprint density at radius 2 is 2.60 bits per heavy atom. The summed E-state index contributed by atoms with van der Waals surface area (Å²) in [6.45, 7) is 0.577. The molecule has 1 aromatic rings. The predicted octanol–water partition coefficient (Wildman–Crippen LogP) is 1.35. The Bertz CT molecular complexity index is 244. The van der Waals surface area contributed by atoms with Gasteiger partial charge < -0.3 is 4.42 Å². The first-order chi connectivity index (χ1) is 4.74. The maximum absolute atomic E-state index is 11.7. The summed E-state index contributed by atoms with van der Waals surface area (Å²) in [5.74, 6) is -0.270. The Balaban J connectivity index is 2.88. The van der Waals surface area contributed by atoms with Gasteiger partial charge in [0.15, 0.2) is 12.5 Å². The third-order valence-electron chi connectivity index (χ3n) is 1.03. The molecule has 0 amide bonds. The van der Waals surface area contributed by atoms with Crippen LogP contribution in [0.4, 0.5) is 4.39 Å². The van der Waals surface area contributed by atoms with Crippen molar-refractivity contribution in [2.45, 2.75) is 13.6 Å². The van der Waals surface area contributed by atoms with E-state index in [4.69, 9.17) is 0 Å². The SMILES string of the molecule is CC(=O)c1coc(CF)n1. The summed E-state index contributed by atoms with van der Waals surface area (Å²) in [7, 11) is 0. The van der Waals surface area contributed by atoms with Crippen molar-refractivity contribution in [3.63, 3.8) is 0 Å². The number of carbonyl (C=O) groups is 1. The van der Waals surface area contributed by atoms with E-state index in [9.17, 15) is 9.18 Å². The molecule has 1 aromatic heterocycles. The van der Waals surface area contributed by atoms with E-state index in [1.54, 1.807) is 0 Å². The first-order valence-electron chi connectivity index (χ1n) is 2.75. The average Bonchev–Trinajstić information content (AvgIpc) is 2.34. The number of oxazole rings is 1. The van der Waals surface area contributed by atoms with Crippen molar-refractivity contribution >= 4 is 5.78 Å². The molecule has 0 saturated heterocycles. The van der Waals surface area contributed by atoms with Crippen LogP contribution in [0.5, 0.6) is 0 Å². The van der Waals surface area contributed by atoms with Crippen LogP contribution in [0.15, 0.2) is 10.7 Å². The second-order valence-electron chi connectivity index (χ2n) is 1.82. The normalized spacial score (nSPS) is 9.80. The fourth-order valence-electron chi connectivity index (χ4n) is 0.534. The van der Waals surface area contributed by atoms with E-state index in [1.165, 1.54) is 6.92 Å². The molecule has 0 N–H and O–H groups in total. The molecule has 0 unspecified atom stereocenters. The molecule has 10 heavy (non-hydrogen) atoms. The van der Waals surface area contributed by atoms with Gasteiger partial charge in [-0.3, -0.25) is 4.79 Å². The van der Waals surface area contributed by atoms with Crippen molar-refractivity contribution in [2.75, 3.05) is 0 Å². The van der Waals surface area contributed by atoms with Crippen LogP contribution < -0.4 is 0 Å². The van der Waals surface area contributed by atoms with E-state index in [1.807, 2.05) is 0 Å². The first kappa shape index (κ1) is 6.92. The molecule has 1 rings (SSSR count). The molecule has 0 fully saturated rings. The van der Waals surface area contributed by atoms with Gasteiger partial charge in [0.05, 0.1) is 0 Å². The Morgan fingerprint density at radius 1 is 1.90 bits per heavy atom. The standard InChI is InChI=1S/C6H6FNO2/c1-4(9)5-3-10-6(2-7)8-5/h3H,2H2,1H3. The Labute approximate surface area is 56.9 Å². The van der Waals surface area contributed by atoms with Crippen molar-refractivity contribution in [1.82, 2.24) is 4.98 Å². The van der Waals surface area contributed by atoms with E-state index >= 15 is 0 Å². The third-order valence-corrected chi connectivity index (χ3v) is 1.03. The van der Waals surface area contributed by atoms with Gasteiger partial charge in [-0.25, -0.2) is 9.37 Å². The highest BCUT2D eigenvalue weighted by Gasteiger charge is 2.05. The van der Waals surface area contributed by atoms with Gasteiger partial charge in [0.2, 0.25) is 5.89 Å². The molecule has 0 saturated carbocycles. The van der Waals surface area contributed by atoms with Gasteiger partial charge in [-0.05, 0) is 0 Å². The molecular formula is C6H6FNO2. The smallest absolute Gasteiger partial charge is 0.226 e. The summed E-state index contributed by atoms with van der Waals surface area (Å²) in [6.07, 6.45) is 1.15. The zero-order valence-corrected chi connectivity index (χ0v) is 5.43. The molecule has 54 valence electrons. The average molecular weight is 143 g/mol. The van der Waals surface area contributed by atoms with Crippen molar-refractivity contribution in [3.8, 4) is 0 Å². The molecular weight excluding hydrogens is 137 g/mol. The van der Waals surface area contributed by atoms with Gasteiger partial charge >= 0.3 is 0 Å². The van der Waals surface area contributed by atoms with Gasteiger partial charge in [0.1, 0.15) is 12.0 Å². The Morgan fingerprint density at radius 3 is 2.90 bits per heavy atom. The lowest BCUT2D eigenvalue weighted by Crippen LogP contribution is -1.91. The lowest BCUT2D eigenvalue weighted by molar-refractivity contribution is 0.101. The fourth-order valence-corrected chi connectivity index (χ4v) is 0.534. The van der Waals surface area contributed by atoms with E-state index in [-0.39, 0.29) is 17.4 Å². The number of Topliss-reactive ketones (excluding diaryl/α,β-unsaturated/α-hetero) is 1. The minimum Gasteiger partial charge on any atom is -0.445 e. The number of hydrogen-bond donors (Lipinski definition) is 0. The highest BCUT2D eigenvalue weighted by molar-refractivity contribution is 5.91. The molecule has 0 aliphatic heterocycles. The zero-order valence-electron chi connectivity index (χ0n) is 5.43. The highest BCUT2D eigenvalue weighted by Crippen LogP contribution is 2.03. The minimum atomic E-state index is -0.771. The van der Waals surface area contributed by atoms with Crippen LogP contribution in [0.3, 0.4) is 0 Å². The summed E-state index contributed by atoms with van der Waals surface area (Å²) in [6, 6.07) is 0. The Kier molecular flexibility index (Phi) is 1.80. The second-order valence-corrected chi connectivity index (χ2v) is 1.82. The second kappa shape index (κ2) is 2.60. The summed E-state index contributed by atoms with van der Waals surface area (Å²) >= 11 is 0. The van der Waals surface area contributed by atoms with Crippen LogP contribution in [0.2, 0.25) is 0 Å². The highest BCUT2D eigenvalue weighted by atomic mass is 19.1. The molecule has 0 bridgehead atoms. The van der Waals surface area contributed by atoms with E-state index < -0.39 is 6.67 Å². The van der Waals surface area contributed by atoms with Crippen molar-refractivity contribution in [1.29, 1.82) is 0 Å². The van der Waals surface area contributed by atoms with Crippen LogP contribution in [-0.2, 0) is 6.67 Å². The molecule has 0 aliphatic rings. The number of ketones is 1. The lowest BCUT2D eigenvalue weighted by atomic mass is 10.3. The van der Waals surface area contributed by atoms with Gasteiger partial charge in [-0.15, -0.1) is 0 Å². The monoisotopic (exact) mass is 143 g/mol. The first-order valence-corrected chi connectivity index (χ1v) is 2.75. The van der Waals surface area contributed by atoms with Crippen LogP contribution in [0.25, 0.3) is 0 Å². The Hall–Kier alpha value is -1.19. The molecule has 0 atom stereocenters. The number of aromatic nitrogens is 1. The number of nitrogens with zero attached hydrogens (tertiary/aromatic N) is 1. The van der Waals surface area contributed by atoms with Gasteiger partial charge in [-0.2, -0.15) is 0 Å². The topological polar surface area (TPSA) is 43.1 Å². The van der Waals surface area contributed by atoms with E-state index in [0.29, 0.717) is 0 Å². The van der Waals surface area contributed by atoms with E-state index in [2.05, 4.69) is 9.40 Å². The van der Waals surface area contributed by atoms with Crippen molar-refractivity contribution in [3.05, 3.63) is 17.8 Å². The molecule has 0 aliphatic carbocycles. The summed E-state index contributed by atoms with van der Waals surface area (Å²) < 4.78 is 16.3. The summed E-state index contributed by atoms with van der Waals surface area (Å²) in [5.41, 5.74) is 0.174. The van der Waals surface area contributed by atoms with E-state index in [0.717, 1.165) is 6.26 Å². The predicted molar refractivity (Wildman–Crippen MR) is 31.3 cm³/mol. The van der Waals surface area contributed by atoms with Crippen LogP contribution in [0.1, 0.15) is 23.3 Å². The lowest BCUT2D eigenvalue weighted by Gasteiger charge is -1.79. The molecule has 1 heterocycles. The number of rotatable bonds is 2. The minimum absolute atomic E-state index is 0.0507. The number of halogens is 1. The summed E-state index contributed by atoms with van der Waals surface area (Å²) in [5, 5.41) is 0. The largest absolute Gasteiger partial charge is 0.445 e. The van der Waals surface area contributed by atoms with Crippen LogP contribution in [-0.4, -0.2) is 10.8 Å². The summed E-state index contributed by atoms with van der Waals surface area (Å²) in [4.78, 5) is 14.1. The number of carbonyl (C=O) groups excluding carboxylic acids is 1. The number of alkyl halides is 1. The molecule has 4 heteroatoms. The zero-order chi connectivity index (χ0) is 7.56. The maximum Gasteiger partial charge on any atom is 0.226 e. The number of hydrogen-bond acceptors (Lipinski definition) is 3. The van der Waals surface area contributed by atoms with Crippen LogP contribution >= 0.6 is 0 Å². The third kappa shape index (κ3) is 1.21. The van der Waals surface area contributed by atoms with Gasteiger partial charge in [0.25, 0.3) is 0 Å². The van der Waals surface area contributed by atoms with Gasteiger partial charge in [0, 0.05) is 6.92 Å². The van der Waals surface area contributed by atoms with Crippen molar-refractivity contribution in [2.24, 2.45) is 0 Å². The van der Waals surface area contributed by atoms with Gasteiger partial charge in [-0.1, -0.05) is 0 Å². The van der Waals surface area contributed by atoms with Crippen molar-refractivity contribution < 1.29 is 13.6 Å². The fraction of sp³-hybridized carbons (Fsp3) is 0.333. The molecule has 0 spiro atoms. The quantitative estimate of drug-likeness (QED) is 0.587. The maximum atomic E-state index is 11.7. The molecule has 3 nitrogen and oxygen atoms in total. The van der Waals surface area contributed by atoms with Crippen LogP contribution in [0, 0.1) is 0 Å². The molecule has 0 radical (unpaired) electrons. The molecule has 0 aromatic carbocycles.